The summed E-state index contributed by atoms with van der Waals surface area (Å²) in [5, 5.41) is 7.56. The lowest BCUT2D eigenvalue weighted by Gasteiger charge is -2.03. The summed E-state index contributed by atoms with van der Waals surface area (Å²) in [5.41, 5.74) is 3.36. The van der Waals surface area contributed by atoms with Gasteiger partial charge in [0.25, 0.3) is 0 Å². The van der Waals surface area contributed by atoms with Gasteiger partial charge in [0.2, 0.25) is 0 Å². The van der Waals surface area contributed by atoms with Crippen LogP contribution >= 0.6 is 0 Å². The number of aromatic nitrogens is 2. The van der Waals surface area contributed by atoms with Crippen LogP contribution in [0, 0.1) is 6.92 Å². The number of anilines is 1. The maximum atomic E-state index is 4.24. The topological polar surface area (TPSA) is 29.9 Å². The molecule has 0 saturated heterocycles. The van der Waals surface area contributed by atoms with Gasteiger partial charge in [-0.3, -0.25) is 4.68 Å². The van der Waals surface area contributed by atoms with Crippen molar-refractivity contribution in [3.63, 3.8) is 0 Å². The first kappa shape index (κ1) is 9.84. The van der Waals surface area contributed by atoms with Gasteiger partial charge in [-0.15, -0.1) is 6.58 Å². The van der Waals surface area contributed by atoms with Gasteiger partial charge >= 0.3 is 0 Å². The lowest BCUT2D eigenvalue weighted by atomic mass is 10.2. The van der Waals surface area contributed by atoms with Crippen LogP contribution in [0.4, 0.5) is 5.69 Å². The second-order valence-corrected chi connectivity index (χ2v) is 3.44. The first-order chi connectivity index (χ1) is 6.09. The molecule has 1 aromatic rings. The monoisotopic (exact) mass is 179 g/mol. The van der Waals surface area contributed by atoms with E-state index in [1.54, 1.807) is 0 Å². The van der Waals surface area contributed by atoms with Gasteiger partial charge in [0.1, 0.15) is 0 Å². The van der Waals surface area contributed by atoms with Crippen molar-refractivity contribution in [3.8, 4) is 0 Å². The van der Waals surface area contributed by atoms with E-state index in [1.807, 2.05) is 31.8 Å². The van der Waals surface area contributed by atoms with Gasteiger partial charge in [0.15, 0.2) is 0 Å². The normalized spacial score (nSPS) is 10.1. The Morgan fingerprint density at radius 2 is 2.38 bits per heavy atom. The summed E-state index contributed by atoms with van der Waals surface area (Å²) in [6.45, 7) is 8.83. The lowest BCUT2D eigenvalue weighted by molar-refractivity contribution is 0.756. The van der Waals surface area contributed by atoms with Crippen LogP contribution in [0.1, 0.15) is 19.0 Å². The molecule has 0 fully saturated rings. The van der Waals surface area contributed by atoms with Crippen molar-refractivity contribution in [3.05, 3.63) is 24.0 Å². The molecule has 3 nitrogen and oxygen atoms in total. The van der Waals surface area contributed by atoms with E-state index in [-0.39, 0.29) is 0 Å². The fraction of sp³-hybridized carbons (Fsp3) is 0.500. The summed E-state index contributed by atoms with van der Waals surface area (Å²) in [7, 11) is 1.93. The van der Waals surface area contributed by atoms with E-state index in [0.717, 1.165) is 24.3 Å². The van der Waals surface area contributed by atoms with E-state index < -0.39 is 0 Å². The molecule has 0 aromatic carbocycles. The zero-order chi connectivity index (χ0) is 9.84. The largest absolute Gasteiger partial charge is 0.382 e. The highest BCUT2D eigenvalue weighted by Crippen LogP contribution is 2.11. The average molecular weight is 179 g/mol. The Labute approximate surface area is 79.5 Å². The Bertz CT molecular complexity index is 299. The molecule has 1 aromatic heterocycles. The molecule has 0 atom stereocenters. The van der Waals surface area contributed by atoms with Crippen molar-refractivity contribution in [1.82, 2.24) is 9.78 Å². The molecule has 0 saturated carbocycles. The first-order valence-electron chi connectivity index (χ1n) is 4.48. The molecule has 0 aliphatic carbocycles. The minimum absolute atomic E-state index is 0.932. The number of hydrogen-bond donors (Lipinski definition) is 1. The van der Waals surface area contributed by atoms with Crippen LogP contribution in [-0.4, -0.2) is 16.3 Å². The van der Waals surface area contributed by atoms with E-state index in [1.165, 1.54) is 5.57 Å². The number of aryl methyl sites for hydroxylation is 2. The number of nitrogens with one attached hydrogen (secondary N) is 1. The molecule has 13 heavy (non-hydrogen) atoms. The SMILES string of the molecule is C=C(C)CCNc1cn(C)nc1C. The van der Waals surface area contributed by atoms with Gasteiger partial charge in [0.05, 0.1) is 11.4 Å². The maximum absolute atomic E-state index is 4.24. The third-order valence-corrected chi connectivity index (χ3v) is 1.88. The molecule has 0 spiro atoms. The Hall–Kier alpha value is -1.25. The highest BCUT2D eigenvalue weighted by molar-refractivity contribution is 5.45. The van der Waals surface area contributed by atoms with Gasteiger partial charge < -0.3 is 5.32 Å². The Balaban J connectivity index is 2.45. The van der Waals surface area contributed by atoms with Crippen LogP contribution in [0.5, 0.6) is 0 Å². The highest BCUT2D eigenvalue weighted by atomic mass is 15.3. The average Bonchev–Trinajstić information content (AvgIpc) is 2.29. The molecule has 0 radical (unpaired) electrons. The van der Waals surface area contributed by atoms with Crippen LogP contribution in [0.25, 0.3) is 0 Å². The predicted octanol–water partition coefficient (Wildman–Crippen LogP) is 2.11. The van der Waals surface area contributed by atoms with Crippen molar-refractivity contribution in [2.45, 2.75) is 20.3 Å². The molecule has 0 aliphatic rings. The van der Waals surface area contributed by atoms with Gasteiger partial charge in [-0.25, -0.2) is 0 Å². The van der Waals surface area contributed by atoms with Crippen LogP contribution in [-0.2, 0) is 7.05 Å². The number of nitrogens with zero attached hydrogens (tertiary/aromatic N) is 2. The van der Waals surface area contributed by atoms with Crippen molar-refractivity contribution in [2.24, 2.45) is 7.05 Å². The lowest BCUT2D eigenvalue weighted by Crippen LogP contribution is -2.01. The molecule has 1 heterocycles. The Kier molecular flexibility index (Phi) is 3.12. The summed E-state index contributed by atoms with van der Waals surface area (Å²) in [6.07, 6.45) is 3.00. The molecular weight excluding hydrogens is 162 g/mol. The van der Waals surface area contributed by atoms with Gasteiger partial charge in [-0.05, 0) is 20.3 Å². The third-order valence-electron chi connectivity index (χ3n) is 1.88. The fourth-order valence-corrected chi connectivity index (χ4v) is 1.18. The molecular formula is C10H17N3. The molecule has 3 heteroatoms. The summed E-state index contributed by atoms with van der Waals surface area (Å²) in [4.78, 5) is 0. The van der Waals surface area contributed by atoms with Crippen LogP contribution < -0.4 is 5.32 Å². The quantitative estimate of drug-likeness (QED) is 0.717. The molecule has 0 amide bonds. The molecule has 72 valence electrons. The van der Waals surface area contributed by atoms with Crippen LogP contribution in [0.3, 0.4) is 0 Å². The summed E-state index contributed by atoms with van der Waals surface area (Å²) < 4.78 is 1.82. The van der Waals surface area contributed by atoms with Gasteiger partial charge in [-0.1, -0.05) is 5.57 Å². The Morgan fingerprint density at radius 3 is 2.85 bits per heavy atom. The first-order valence-corrected chi connectivity index (χ1v) is 4.48. The minimum Gasteiger partial charge on any atom is -0.382 e. The fourth-order valence-electron chi connectivity index (χ4n) is 1.18. The molecule has 0 unspecified atom stereocenters. The number of hydrogen-bond acceptors (Lipinski definition) is 2. The minimum atomic E-state index is 0.932. The van der Waals surface area contributed by atoms with Crippen molar-refractivity contribution in [1.29, 1.82) is 0 Å². The maximum Gasteiger partial charge on any atom is 0.0824 e. The number of rotatable bonds is 4. The van der Waals surface area contributed by atoms with E-state index in [0.29, 0.717) is 0 Å². The third kappa shape index (κ3) is 2.93. The van der Waals surface area contributed by atoms with Crippen molar-refractivity contribution in [2.75, 3.05) is 11.9 Å². The van der Waals surface area contributed by atoms with Crippen molar-refractivity contribution < 1.29 is 0 Å². The van der Waals surface area contributed by atoms with Crippen molar-refractivity contribution >= 4 is 5.69 Å². The van der Waals surface area contributed by atoms with E-state index in [4.69, 9.17) is 0 Å². The highest BCUT2D eigenvalue weighted by Gasteiger charge is 2.00. The van der Waals surface area contributed by atoms with Gasteiger partial charge in [0, 0.05) is 19.8 Å². The second-order valence-electron chi connectivity index (χ2n) is 3.44. The van der Waals surface area contributed by atoms with Crippen LogP contribution in [0.15, 0.2) is 18.3 Å². The van der Waals surface area contributed by atoms with Gasteiger partial charge in [-0.2, -0.15) is 5.10 Å². The molecule has 0 bridgehead atoms. The molecule has 1 N–H and O–H groups in total. The van der Waals surface area contributed by atoms with E-state index in [9.17, 15) is 0 Å². The van der Waals surface area contributed by atoms with E-state index >= 15 is 0 Å². The van der Waals surface area contributed by atoms with E-state index in [2.05, 4.69) is 17.0 Å². The van der Waals surface area contributed by atoms with Crippen LogP contribution in [0.2, 0.25) is 0 Å². The zero-order valence-corrected chi connectivity index (χ0v) is 8.59. The molecule has 1 rings (SSSR count). The zero-order valence-electron chi connectivity index (χ0n) is 8.59. The molecule has 0 aliphatic heterocycles. The summed E-state index contributed by atoms with van der Waals surface area (Å²) in [5.74, 6) is 0. The Morgan fingerprint density at radius 1 is 1.69 bits per heavy atom. The summed E-state index contributed by atoms with van der Waals surface area (Å²) in [6, 6.07) is 0. The summed E-state index contributed by atoms with van der Waals surface area (Å²) >= 11 is 0. The second kappa shape index (κ2) is 4.12. The predicted molar refractivity (Wildman–Crippen MR) is 55.9 cm³/mol. The standard InChI is InChI=1S/C10H17N3/c1-8(2)5-6-11-10-7-13(4)12-9(10)3/h7,11H,1,5-6H2,2-4H3. The smallest absolute Gasteiger partial charge is 0.0824 e.